The van der Waals surface area contributed by atoms with Gasteiger partial charge in [0.1, 0.15) is 5.75 Å². The van der Waals surface area contributed by atoms with Gasteiger partial charge >= 0.3 is 0 Å². The summed E-state index contributed by atoms with van der Waals surface area (Å²) in [4.78, 5) is 12.9. The first kappa shape index (κ1) is 23.3. The normalized spacial score (nSPS) is 15.2. The summed E-state index contributed by atoms with van der Waals surface area (Å²) in [5, 5.41) is 3.39. The number of sulfonamides is 1. The molecule has 0 atom stereocenters. The Morgan fingerprint density at radius 1 is 0.939 bits per heavy atom. The highest BCUT2D eigenvalue weighted by atomic mass is 35.5. The Morgan fingerprint density at radius 2 is 1.58 bits per heavy atom. The van der Waals surface area contributed by atoms with Crippen molar-refractivity contribution in [3.05, 3.63) is 89.4 Å². The van der Waals surface area contributed by atoms with Gasteiger partial charge in [0.25, 0.3) is 0 Å². The molecule has 8 heteroatoms. The maximum atomic E-state index is 12.9. The highest BCUT2D eigenvalue weighted by Crippen LogP contribution is 2.31. The highest BCUT2D eigenvalue weighted by molar-refractivity contribution is 7.88. The number of nitrogens with one attached hydrogen (secondary N) is 1. The van der Waals surface area contributed by atoms with Gasteiger partial charge in [-0.1, -0.05) is 60.1 Å². The molecule has 1 amide bonds. The summed E-state index contributed by atoms with van der Waals surface area (Å²) in [5.74, 6) is 0.671. The molecule has 3 aromatic carbocycles. The molecule has 6 nitrogen and oxygen atoms in total. The van der Waals surface area contributed by atoms with Gasteiger partial charge in [0.2, 0.25) is 15.9 Å². The molecule has 1 aliphatic heterocycles. The van der Waals surface area contributed by atoms with Crippen LogP contribution in [0.1, 0.15) is 18.4 Å². The van der Waals surface area contributed by atoms with Crippen LogP contribution in [0.25, 0.3) is 0 Å². The Bertz CT molecular complexity index is 1210. The molecule has 0 radical (unpaired) electrons. The minimum atomic E-state index is -3.51. The lowest BCUT2D eigenvalue weighted by molar-refractivity contribution is -0.120. The number of carbonyl (C=O) groups excluding carboxylic acids is 1. The van der Waals surface area contributed by atoms with Crippen LogP contribution in [0.5, 0.6) is 11.5 Å². The molecule has 33 heavy (non-hydrogen) atoms. The van der Waals surface area contributed by atoms with E-state index in [4.69, 9.17) is 16.3 Å². The molecular formula is C25H25ClN2O4S. The maximum absolute atomic E-state index is 12.9. The predicted molar refractivity (Wildman–Crippen MR) is 130 cm³/mol. The number of para-hydroxylation sites is 3. The summed E-state index contributed by atoms with van der Waals surface area (Å²) < 4.78 is 33.1. The molecule has 0 aromatic heterocycles. The molecule has 1 fully saturated rings. The van der Waals surface area contributed by atoms with Gasteiger partial charge in [0, 0.05) is 24.0 Å². The van der Waals surface area contributed by atoms with E-state index >= 15 is 0 Å². The van der Waals surface area contributed by atoms with Crippen molar-refractivity contribution in [3.63, 3.8) is 0 Å². The Hall–Kier alpha value is -2.87. The van der Waals surface area contributed by atoms with Gasteiger partial charge < -0.3 is 10.1 Å². The number of piperidine rings is 1. The van der Waals surface area contributed by atoms with E-state index in [2.05, 4.69) is 5.32 Å². The minimum absolute atomic E-state index is 0.137. The number of rotatable bonds is 7. The second-order valence-corrected chi connectivity index (χ2v) is 10.3. The summed E-state index contributed by atoms with van der Waals surface area (Å²) in [6.07, 6.45) is 0.907. The van der Waals surface area contributed by atoms with E-state index in [0.29, 0.717) is 53.7 Å². The first-order valence-electron chi connectivity index (χ1n) is 10.8. The molecule has 0 aliphatic carbocycles. The zero-order valence-electron chi connectivity index (χ0n) is 18.0. The van der Waals surface area contributed by atoms with Crippen LogP contribution in [-0.4, -0.2) is 31.7 Å². The fraction of sp³-hybridized carbons (Fsp3) is 0.240. The minimum Gasteiger partial charge on any atom is -0.455 e. The first-order chi connectivity index (χ1) is 15.9. The molecule has 1 saturated heterocycles. The van der Waals surface area contributed by atoms with Crippen molar-refractivity contribution in [1.82, 2.24) is 4.31 Å². The van der Waals surface area contributed by atoms with Gasteiger partial charge in [-0.25, -0.2) is 12.7 Å². The van der Waals surface area contributed by atoms with Crippen molar-refractivity contribution in [3.8, 4) is 11.5 Å². The topological polar surface area (TPSA) is 75.7 Å². The molecule has 4 rings (SSSR count). The SMILES string of the molecule is O=C(Nc1ccccc1Oc1ccccc1)C1CCN(S(=O)(=O)Cc2ccccc2Cl)CC1. The smallest absolute Gasteiger partial charge is 0.227 e. The van der Waals surface area contributed by atoms with Gasteiger partial charge in [0.15, 0.2) is 5.75 Å². The molecule has 0 spiro atoms. The van der Waals surface area contributed by atoms with Crippen LogP contribution in [0, 0.1) is 5.92 Å². The number of hydrogen-bond acceptors (Lipinski definition) is 4. The second kappa shape index (κ2) is 10.4. The quantitative estimate of drug-likeness (QED) is 0.493. The van der Waals surface area contributed by atoms with Crippen LogP contribution in [0.2, 0.25) is 5.02 Å². The summed E-state index contributed by atoms with van der Waals surface area (Å²) in [7, 11) is -3.51. The van der Waals surface area contributed by atoms with E-state index in [9.17, 15) is 13.2 Å². The van der Waals surface area contributed by atoms with Crippen molar-refractivity contribution in [2.75, 3.05) is 18.4 Å². The molecular weight excluding hydrogens is 460 g/mol. The van der Waals surface area contributed by atoms with E-state index in [1.807, 2.05) is 42.5 Å². The van der Waals surface area contributed by atoms with Crippen molar-refractivity contribution in [2.24, 2.45) is 5.92 Å². The number of hydrogen-bond donors (Lipinski definition) is 1. The highest BCUT2D eigenvalue weighted by Gasteiger charge is 2.31. The third-order valence-electron chi connectivity index (χ3n) is 5.63. The molecule has 1 N–H and O–H groups in total. The van der Waals surface area contributed by atoms with Crippen molar-refractivity contribution in [1.29, 1.82) is 0 Å². The van der Waals surface area contributed by atoms with E-state index in [-0.39, 0.29) is 17.6 Å². The van der Waals surface area contributed by atoms with Gasteiger partial charge in [-0.2, -0.15) is 0 Å². The van der Waals surface area contributed by atoms with E-state index in [1.54, 1.807) is 36.4 Å². The number of anilines is 1. The zero-order valence-corrected chi connectivity index (χ0v) is 19.6. The van der Waals surface area contributed by atoms with Gasteiger partial charge in [-0.15, -0.1) is 0 Å². The number of amides is 1. The van der Waals surface area contributed by atoms with Crippen LogP contribution in [0.3, 0.4) is 0 Å². The van der Waals surface area contributed by atoms with Gasteiger partial charge in [-0.3, -0.25) is 4.79 Å². The van der Waals surface area contributed by atoms with Crippen LogP contribution < -0.4 is 10.1 Å². The Balaban J connectivity index is 1.36. The third kappa shape index (κ3) is 5.93. The van der Waals surface area contributed by atoms with Crippen molar-refractivity contribution < 1.29 is 17.9 Å². The fourth-order valence-corrected chi connectivity index (χ4v) is 5.68. The van der Waals surface area contributed by atoms with E-state index in [0.717, 1.165) is 0 Å². The van der Waals surface area contributed by atoms with Crippen molar-refractivity contribution >= 4 is 33.2 Å². The number of ether oxygens (including phenoxy) is 1. The molecule has 0 bridgehead atoms. The van der Waals surface area contributed by atoms with Crippen LogP contribution >= 0.6 is 11.6 Å². The average Bonchev–Trinajstić information content (AvgIpc) is 2.82. The largest absolute Gasteiger partial charge is 0.455 e. The Labute approximate surface area is 199 Å². The number of nitrogens with zero attached hydrogens (tertiary/aromatic N) is 1. The average molecular weight is 485 g/mol. The Morgan fingerprint density at radius 3 is 2.30 bits per heavy atom. The standard InChI is InChI=1S/C25H25ClN2O4S/c26-22-11-5-4-8-20(22)18-33(30,31)28-16-14-19(15-17-28)25(29)27-23-12-6-7-13-24(23)32-21-9-2-1-3-10-21/h1-13,19H,14-18H2,(H,27,29). The van der Waals surface area contributed by atoms with Crippen molar-refractivity contribution in [2.45, 2.75) is 18.6 Å². The molecule has 0 saturated carbocycles. The van der Waals surface area contributed by atoms with Crippen LogP contribution in [-0.2, 0) is 20.6 Å². The van der Waals surface area contributed by atoms with Gasteiger partial charge in [0.05, 0.1) is 11.4 Å². The number of carbonyl (C=O) groups is 1. The molecule has 172 valence electrons. The summed E-state index contributed by atoms with van der Waals surface area (Å²) in [6, 6.07) is 23.6. The van der Waals surface area contributed by atoms with Crippen LogP contribution in [0.15, 0.2) is 78.9 Å². The lowest BCUT2D eigenvalue weighted by Crippen LogP contribution is -2.41. The zero-order chi connectivity index (χ0) is 23.3. The summed E-state index contributed by atoms with van der Waals surface area (Å²) >= 11 is 6.13. The summed E-state index contributed by atoms with van der Waals surface area (Å²) in [6.45, 7) is 0.597. The Kier molecular flexibility index (Phi) is 7.33. The molecule has 1 heterocycles. The van der Waals surface area contributed by atoms with E-state index in [1.165, 1.54) is 4.31 Å². The predicted octanol–water partition coefficient (Wildman–Crippen LogP) is 5.31. The van der Waals surface area contributed by atoms with Gasteiger partial charge in [-0.05, 0) is 48.7 Å². The third-order valence-corrected chi connectivity index (χ3v) is 7.83. The molecule has 1 aliphatic rings. The number of benzene rings is 3. The maximum Gasteiger partial charge on any atom is 0.227 e. The monoisotopic (exact) mass is 484 g/mol. The lowest BCUT2D eigenvalue weighted by atomic mass is 9.97. The fourth-order valence-electron chi connectivity index (χ4n) is 3.81. The summed E-state index contributed by atoms with van der Waals surface area (Å²) in [5.41, 5.74) is 1.16. The second-order valence-electron chi connectivity index (χ2n) is 7.92. The first-order valence-corrected chi connectivity index (χ1v) is 12.7. The molecule has 3 aromatic rings. The van der Waals surface area contributed by atoms with Crippen LogP contribution in [0.4, 0.5) is 5.69 Å². The lowest BCUT2D eigenvalue weighted by Gasteiger charge is -2.30. The number of halogens is 1. The molecule has 0 unspecified atom stereocenters. The van der Waals surface area contributed by atoms with E-state index < -0.39 is 10.0 Å².